The SMILES string of the molecule is CC/C=C\C/C=C\C/C=C\C/C=C\C/C=C\C/C=C\CCCCCCCCCCCCC(=O)NC(COC1OC(CO)C(OC2OC(CO)C(OC3OC(CO)C(O)C(O)C3O)C(O)C2O)C(O)C1O)C(O)/C=C/CC/C=C/CCCCCCCCC. The van der Waals surface area contributed by atoms with Crippen molar-refractivity contribution in [2.75, 3.05) is 26.4 Å². The number of aliphatic hydroxyl groups is 11. The second kappa shape index (κ2) is 49.4. The first-order chi connectivity index (χ1) is 42.3. The number of allylic oxidation sites excluding steroid dienone is 15. The summed E-state index contributed by atoms with van der Waals surface area (Å²) in [5.74, 6) is -0.296. The maximum absolute atomic E-state index is 13.4. The summed E-state index contributed by atoms with van der Waals surface area (Å²) in [4.78, 5) is 13.4. The number of unbranched alkanes of at least 4 members (excludes halogenated alkanes) is 18. The van der Waals surface area contributed by atoms with E-state index in [9.17, 15) is 61.0 Å². The van der Waals surface area contributed by atoms with Gasteiger partial charge >= 0.3 is 0 Å². The number of amides is 1. The van der Waals surface area contributed by atoms with E-state index in [4.69, 9.17) is 28.4 Å². The van der Waals surface area contributed by atoms with E-state index >= 15 is 0 Å². The fourth-order valence-corrected chi connectivity index (χ4v) is 10.5. The number of hydrogen-bond acceptors (Lipinski definition) is 18. The molecule has 0 saturated carbocycles. The second-order valence-electron chi connectivity index (χ2n) is 23.2. The lowest BCUT2D eigenvalue weighted by molar-refractivity contribution is -0.379. The molecule has 0 aromatic rings. The van der Waals surface area contributed by atoms with Crippen molar-refractivity contribution < 1.29 is 89.4 Å². The van der Waals surface area contributed by atoms with Gasteiger partial charge in [0.1, 0.15) is 73.2 Å². The maximum Gasteiger partial charge on any atom is 0.220 e. The number of aliphatic hydroxyl groups excluding tert-OH is 11. The molecule has 17 atom stereocenters. The van der Waals surface area contributed by atoms with Crippen LogP contribution in [0.25, 0.3) is 0 Å². The molecule has 19 nitrogen and oxygen atoms in total. The summed E-state index contributed by atoms with van der Waals surface area (Å²) in [5.41, 5.74) is 0. The van der Waals surface area contributed by atoms with Crippen molar-refractivity contribution >= 4 is 5.91 Å². The molecule has 0 aromatic heterocycles. The third-order valence-electron chi connectivity index (χ3n) is 15.9. The molecular weight excluding hydrogens is 1120 g/mol. The minimum absolute atomic E-state index is 0.224. The fraction of sp³-hybridized carbons (Fsp3) is 0.750. The molecule has 17 unspecified atom stereocenters. The zero-order valence-electron chi connectivity index (χ0n) is 52.5. The third-order valence-corrected chi connectivity index (χ3v) is 15.9. The van der Waals surface area contributed by atoms with E-state index in [1.54, 1.807) is 6.08 Å². The van der Waals surface area contributed by atoms with Crippen LogP contribution in [0.5, 0.6) is 0 Å². The van der Waals surface area contributed by atoms with Crippen molar-refractivity contribution in [3.63, 3.8) is 0 Å². The highest BCUT2D eigenvalue weighted by atomic mass is 16.8. The highest BCUT2D eigenvalue weighted by Gasteiger charge is 2.53. The third kappa shape index (κ3) is 32.0. The Morgan fingerprint density at radius 3 is 1.29 bits per heavy atom. The van der Waals surface area contributed by atoms with Gasteiger partial charge in [0, 0.05) is 6.42 Å². The second-order valence-corrected chi connectivity index (χ2v) is 23.2. The van der Waals surface area contributed by atoms with Crippen LogP contribution in [-0.2, 0) is 33.2 Å². The van der Waals surface area contributed by atoms with Crippen molar-refractivity contribution in [1.29, 1.82) is 0 Å². The van der Waals surface area contributed by atoms with Crippen LogP contribution in [-0.4, -0.2) is 193 Å². The summed E-state index contributed by atoms with van der Waals surface area (Å²) in [6.07, 6.45) is 36.7. The van der Waals surface area contributed by atoms with E-state index in [0.717, 1.165) is 89.9 Å². The highest BCUT2D eigenvalue weighted by Crippen LogP contribution is 2.33. The van der Waals surface area contributed by atoms with Gasteiger partial charge in [0.25, 0.3) is 0 Å². The lowest BCUT2D eigenvalue weighted by Crippen LogP contribution is -2.66. The van der Waals surface area contributed by atoms with Gasteiger partial charge in [-0.2, -0.15) is 0 Å². The topological polar surface area (TPSA) is 307 Å². The van der Waals surface area contributed by atoms with Crippen LogP contribution < -0.4 is 5.32 Å². The quantitative estimate of drug-likeness (QED) is 0.0205. The molecule has 3 fully saturated rings. The Morgan fingerprint density at radius 2 is 0.805 bits per heavy atom. The van der Waals surface area contributed by atoms with Gasteiger partial charge in [0.05, 0.1) is 38.6 Å². The van der Waals surface area contributed by atoms with Gasteiger partial charge < -0.3 is 89.9 Å². The predicted molar refractivity (Wildman–Crippen MR) is 337 cm³/mol. The van der Waals surface area contributed by atoms with Gasteiger partial charge in [-0.05, 0) is 83.5 Å². The molecule has 3 aliphatic rings. The number of nitrogens with one attached hydrogen (secondary N) is 1. The lowest BCUT2D eigenvalue weighted by Gasteiger charge is -2.48. The van der Waals surface area contributed by atoms with E-state index in [1.165, 1.54) is 70.6 Å². The Bertz CT molecular complexity index is 1960. The van der Waals surface area contributed by atoms with Crippen LogP contribution in [0.2, 0.25) is 0 Å². The monoisotopic (exact) mass is 1230 g/mol. The summed E-state index contributed by atoms with van der Waals surface area (Å²) >= 11 is 0. The average Bonchev–Trinajstić information content (AvgIpc) is 1.69. The predicted octanol–water partition coefficient (Wildman–Crippen LogP) is 7.71. The number of carbonyl (C=O) groups excluding carboxylic acids is 1. The van der Waals surface area contributed by atoms with E-state index in [1.807, 2.05) is 6.08 Å². The average molecular weight is 1230 g/mol. The van der Waals surface area contributed by atoms with Crippen molar-refractivity contribution in [2.24, 2.45) is 0 Å². The van der Waals surface area contributed by atoms with Crippen LogP contribution >= 0.6 is 0 Å². The lowest BCUT2D eigenvalue weighted by atomic mass is 9.96. The molecule has 0 bridgehead atoms. The van der Waals surface area contributed by atoms with Gasteiger partial charge in [-0.3, -0.25) is 4.79 Å². The molecular formula is C68H115NO18. The number of carbonyl (C=O) groups is 1. The molecule has 19 heteroatoms. The summed E-state index contributed by atoms with van der Waals surface area (Å²) in [6, 6.07) is -0.998. The van der Waals surface area contributed by atoms with Crippen molar-refractivity contribution in [3.8, 4) is 0 Å². The standard InChI is InChI=1S/C68H115NO18/c1-3-5-7-9-11-13-15-17-18-19-20-21-22-23-24-25-26-27-28-29-30-31-32-34-36-38-40-42-44-46-56(74)69-51(52(73)45-43-41-39-37-35-33-16-14-12-10-8-6-4-2)50-82-66-62(80)59(77)64(54(48-71)84-66)87-68-63(81)60(78)65(55(49-72)85-68)86-67-61(79)58(76)57(75)53(47-70)83-67/h5,7,11,13,17-18,20-21,23-24,26-27,35,37,43,45,51-55,57-68,70-73,75-81H,3-4,6,8-10,12,14-16,19,22,25,28-34,36,38-42,44,46-50H2,1-2H3,(H,69,74)/b7-5-,13-11-,18-17-,21-20-,24-23-,27-26-,37-35+,45-43+. The number of hydrogen-bond donors (Lipinski definition) is 12. The zero-order chi connectivity index (χ0) is 63.3. The molecule has 0 aromatic carbocycles. The first kappa shape index (κ1) is 78.0. The Morgan fingerprint density at radius 1 is 0.425 bits per heavy atom. The van der Waals surface area contributed by atoms with E-state index in [-0.39, 0.29) is 18.9 Å². The zero-order valence-corrected chi connectivity index (χ0v) is 52.5. The van der Waals surface area contributed by atoms with Crippen LogP contribution in [0, 0.1) is 0 Å². The maximum atomic E-state index is 13.4. The first-order valence-electron chi connectivity index (χ1n) is 33.0. The molecule has 1 amide bonds. The molecule has 0 aliphatic carbocycles. The minimum atomic E-state index is -1.98. The van der Waals surface area contributed by atoms with Crippen molar-refractivity contribution in [1.82, 2.24) is 5.32 Å². The molecule has 0 spiro atoms. The molecule has 3 heterocycles. The molecule has 500 valence electrons. The van der Waals surface area contributed by atoms with E-state index in [0.29, 0.717) is 12.8 Å². The van der Waals surface area contributed by atoms with Crippen LogP contribution in [0.4, 0.5) is 0 Å². The fourth-order valence-electron chi connectivity index (χ4n) is 10.5. The van der Waals surface area contributed by atoms with Gasteiger partial charge in [-0.25, -0.2) is 0 Å². The summed E-state index contributed by atoms with van der Waals surface area (Å²) in [7, 11) is 0. The smallest absolute Gasteiger partial charge is 0.220 e. The number of rotatable bonds is 48. The normalized spacial score (nSPS) is 29.2. The van der Waals surface area contributed by atoms with Crippen LogP contribution in [0.15, 0.2) is 97.2 Å². The van der Waals surface area contributed by atoms with Crippen LogP contribution in [0.1, 0.15) is 194 Å². The summed E-state index contributed by atoms with van der Waals surface area (Å²) < 4.78 is 34.2. The molecule has 3 aliphatic heterocycles. The largest absolute Gasteiger partial charge is 0.394 e. The van der Waals surface area contributed by atoms with Crippen molar-refractivity contribution in [2.45, 2.75) is 298 Å². The molecule has 3 saturated heterocycles. The highest BCUT2D eigenvalue weighted by molar-refractivity contribution is 5.76. The first-order valence-corrected chi connectivity index (χ1v) is 33.0. The summed E-state index contributed by atoms with van der Waals surface area (Å²) in [5, 5.41) is 120. The Kier molecular flexibility index (Phi) is 44.3. The Balaban J connectivity index is 1.42. The van der Waals surface area contributed by atoms with Gasteiger partial charge in [-0.1, -0.05) is 201 Å². The molecule has 87 heavy (non-hydrogen) atoms. The Labute approximate surface area is 520 Å². The number of ether oxygens (including phenoxy) is 6. The van der Waals surface area contributed by atoms with Gasteiger partial charge in [0.2, 0.25) is 5.91 Å². The van der Waals surface area contributed by atoms with Gasteiger partial charge in [0.15, 0.2) is 18.9 Å². The van der Waals surface area contributed by atoms with E-state index < -0.39 is 124 Å². The van der Waals surface area contributed by atoms with Crippen molar-refractivity contribution in [3.05, 3.63) is 97.2 Å². The van der Waals surface area contributed by atoms with Crippen LogP contribution in [0.3, 0.4) is 0 Å². The minimum Gasteiger partial charge on any atom is -0.394 e. The van der Waals surface area contributed by atoms with Gasteiger partial charge in [-0.15, -0.1) is 0 Å². The summed E-state index contributed by atoms with van der Waals surface area (Å²) in [6.45, 7) is 1.55. The molecule has 0 radical (unpaired) electrons. The Hall–Kier alpha value is -3.29. The molecule has 3 rings (SSSR count). The molecule has 12 N–H and O–H groups in total. The van der Waals surface area contributed by atoms with E-state index in [2.05, 4.69) is 104 Å².